The van der Waals surface area contributed by atoms with Crippen LogP contribution < -0.4 is 0 Å². The van der Waals surface area contributed by atoms with Crippen molar-refractivity contribution < 1.29 is 52.9 Å². The molecule has 11 heteroatoms. The van der Waals surface area contributed by atoms with Crippen LogP contribution in [-0.4, -0.2) is 110 Å². The first kappa shape index (κ1) is 39.3. The highest BCUT2D eigenvalue weighted by Gasteiger charge is 2.62. The van der Waals surface area contributed by atoms with Crippen molar-refractivity contribution in [3.05, 3.63) is 0 Å². The van der Waals surface area contributed by atoms with E-state index in [2.05, 4.69) is 34.6 Å². The smallest absolute Gasteiger partial charge is 0.311 e. The third-order valence-electron chi connectivity index (χ3n) is 13.5. The number of aliphatic hydroxyl groups excluding tert-OH is 2. The zero-order chi connectivity index (χ0) is 36.1. The highest BCUT2D eigenvalue weighted by molar-refractivity contribution is 5.72. The van der Waals surface area contributed by atoms with E-state index in [0.29, 0.717) is 12.8 Å². The Balaban J connectivity index is 1.29. The van der Waals surface area contributed by atoms with Crippen molar-refractivity contribution in [1.29, 1.82) is 0 Å². The van der Waals surface area contributed by atoms with Gasteiger partial charge in [0.25, 0.3) is 0 Å². The molecule has 5 rings (SSSR count). The lowest BCUT2D eigenvalue weighted by Gasteiger charge is -2.49. The molecule has 0 radical (unpaired) electrons. The predicted octanol–water partition coefficient (Wildman–Crippen LogP) is 5.02. The number of carbonyl (C=O) groups is 1. The first-order chi connectivity index (χ1) is 23.1. The fraction of sp³-hybridized carbons (Fsp3) is 0.974. The van der Waals surface area contributed by atoms with E-state index in [1.54, 1.807) is 21.1 Å². The van der Waals surface area contributed by atoms with Crippen molar-refractivity contribution in [2.45, 2.75) is 172 Å². The molecule has 11 nitrogen and oxygen atoms in total. The van der Waals surface area contributed by atoms with Gasteiger partial charge in [-0.25, -0.2) is 0 Å². The van der Waals surface area contributed by atoms with Crippen molar-refractivity contribution in [2.24, 2.45) is 35.5 Å². The maximum absolute atomic E-state index is 12.4. The van der Waals surface area contributed by atoms with Crippen molar-refractivity contribution in [2.75, 3.05) is 27.9 Å². The number of esters is 1. The van der Waals surface area contributed by atoms with E-state index in [1.165, 1.54) is 7.11 Å². The SMILES string of the molecule is CCC1(C2OC(C3OC(CO)(OC)C(C)CC3C)CC2C)CCC(C2(C)CCC3(CC(O)C(C)C(C(C)C(OC)C(C)C(=O)OC)O3)O2)O1. The molecule has 0 aromatic carbocycles. The van der Waals surface area contributed by atoms with Gasteiger partial charge in [0.1, 0.15) is 0 Å². The van der Waals surface area contributed by atoms with E-state index in [1.807, 2.05) is 13.8 Å². The van der Waals surface area contributed by atoms with Crippen LogP contribution in [0.25, 0.3) is 0 Å². The van der Waals surface area contributed by atoms with Crippen LogP contribution in [0.2, 0.25) is 0 Å². The zero-order valence-electron chi connectivity index (χ0n) is 31.9. The maximum Gasteiger partial charge on any atom is 0.311 e. The first-order valence-electron chi connectivity index (χ1n) is 18.9. The van der Waals surface area contributed by atoms with Gasteiger partial charge in [0.2, 0.25) is 0 Å². The van der Waals surface area contributed by atoms with Crippen LogP contribution in [0.4, 0.5) is 0 Å². The zero-order valence-corrected chi connectivity index (χ0v) is 31.9. The second-order valence-corrected chi connectivity index (χ2v) is 16.7. The van der Waals surface area contributed by atoms with Crippen molar-refractivity contribution >= 4 is 5.97 Å². The fourth-order valence-corrected chi connectivity index (χ4v) is 10.4. The number of carbonyl (C=O) groups excluding carboxylic acids is 1. The molecule has 0 saturated carbocycles. The van der Waals surface area contributed by atoms with E-state index in [-0.39, 0.29) is 72.7 Å². The minimum atomic E-state index is -1.02. The molecule has 0 bridgehead atoms. The summed E-state index contributed by atoms with van der Waals surface area (Å²) in [4.78, 5) is 12.4. The Bertz CT molecular complexity index is 1130. The van der Waals surface area contributed by atoms with E-state index in [4.69, 9.17) is 37.9 Å². The molecule has 0 aromatic rings. The second-order valence-electron chi connectivity index (χ2n) is 16.7. The summed E-state index contributed by atoms with van der Waals surface area (Å²) in [7, 11) is 4.59. The molecule has 17 atom stereocenters. The number of rotatable bonds is 11. The molecule has 5 heterocycles. The molecular weight excluding hydrogens is 632 g/mol. The average Bonchev–Trinajstić information content (AvgIpc) is 3.79. The quantitative estimate of drug-likeness (QED) is 0.282. The maximum atomic E-state index is 12.4. The molecular formula is C38H66O11. The lowest BCUT2D eigenvalue weighted by atomic mass is 9.78. The summed E-state index contributed by atoms with van der Waals surface area (Å²) in [5.74, 6) is -2.59. The van der Waals surface area contributed by atoms with Gasteiger partial charge in [-0.3, -0.25) is 4.79 Å². The Morgan fingerprint density at radius 1 is 0.980 bits per heavy atom. The molecule has 5 aliphatic rings. The number of methoxy groups -OCH3 is 3. The summed E-state index contributed by atoms with van der Waals surface area (Å²) >= 11 is 0. The third kappa shape index (κ3) is 6.99. The fourth-order valence-electron chi connectivity index (χ4n) is 10.4. The number of hydrogen-bond acceptors (Lipinski definition) is 11. The standard InChI is InChI=1S/C38H66O11/c1-12-36(33-22(3)18-28(45-33)30-21(2)17-23(4)38(20-39,44-11)48-30)14-13-29(46-36)35(8)15-16-37(49-35)19-27(40)24(5)32(47-37)25(6)31(42-9)26(7)34(41)43-10/h21-33,39-40H,12-20H2,1-11H3. The largest absolute Gasteiger partial charge is 0.469 e. The van der Waals surface area contributed by atoms with Crippen LogP contribution in [0, 0.1) is 35.5 Å². The molecule has 284 valence electrons. The van der Waals surface area contributed by atoms with Gasteiger partial charge in [0.05, 0.1) is 73.6 Å². The first-order valence-corrected chi connectivity index (χ1v) is 18.9. The number of hydrogen-bond donors (Lipinski definition) is 2. The minimum Gasteiger partial charge on any atom is -0.469 e. The molecule has 5 aliphatic heterocycles. The van der Waals surface area contributed by atoms with Crippen LogP contribution in [-0.2, 0) is 42.7 Å². The highest BCUT2D eigenvalue weighted by Crippen LogP contribution is 2.55. The molecule has 2 N–H and O–H groups in total. The van der Waals surface area contributed by atoms with E-state index in [0.717, 1.165) is 38.5 Å². The molecule has 17 unspecified atom stereocenters. The summed E-state index contributed by atoms with van der Waals surface area (Å²) in [6.07, 6.45) is 3.97. The van der Waals surface area contributed by atoms with Gasteiger partial charge in [0, 0.05) is 44.8 Å². The topological polar surface area (TPSA) is 131 Å². The van der Waals surface area contributed by atoms with Crippen LogP contribution in [0.3, 0.4) is 0 Å². The molecule has 0 aliphatic carbocycles. The van der Waals surface area contributed by atoms with Gasteiger partial charge in [-0.1, -0.05) is 41.5 Å². The van der Waals surface area contributed by atoms with Crippen molar-refractivity contribution in [1.82, 2.24) is 0 Å². The van der Waals surface area contributed by atoms with Gasteiger partial charge in [0.15, 0.2) is 11.6 Å². The van der Waals surface area contributed by atoms with Crippen LogP contribution in [0.1, 0.15) is 107 Å². The molecule has 5 saturated heterocycles. The van der Waals surface area contributed by atoms with Gasteiger partial charge in [-0.2, -0.15) is 0 Å². The predicted molar refractivity (Wildman–Crippen MR) is 181 cm³/mol. The van der Waals surface area contributed by atoms with Gasteiger partial charge < -0.3 is 48.1 Å². The molecule has 49 heavy (non-hydrogen) atoms. The molecule has 0 aromatic heterocycles. The monoisotopic (exact) mass is 698 g/mol. The summed E-state index contributed by atoms with van der Waals surface area (Å²) < 4.78 is 51.1. The molecule has 0 amide bonds. The van der Waals surface area contributed by atoms with Gasteiger partial charge in [-0.05, 0) is 64.2 Å². The third-order valence-corrected chi connectivity index (χ3v) is 13.5. The summed E-state index contributed by atoms with van der Waals surface area (Å²) in [6, 6.07) is 0. The molecule has 5 fully saturated rings. The van der Waals surface area contributed by atoms with Crippen LogP contribution in [0.15, 0.2) is 0 Å². The van der Waals surface area contributed by atoms with Gasteiger partial charge in [-0.15, -0.1) is 0 Å². The van der Waals surface area contributed by atoms with Gasteiger partial charge >= 0.3 is 5.97 Å². The van der Waals surface area contributed by atoms with E-state index in [9.17, 15) is 15.0 Å². The van der Waals surface area contributed by atoms with E-state index < -0.39 is 40.9 Å². The summed E-state index contributed by atoms with van der Waals surface area (Å²) in [5, 5.41) is 21.6. The second kappa shape index (κ2) is 14.9. The Morgan fingerprint density at radius 3 is 2.31 bits per heavy atom. The Kier molecular flexibility index (Phi) is 11.9. The normalized spacial score (nSPS) is 49.2. The lowest BCUT2D eigenvalue weighted by Crippen LogP contribution is -2.57. The summed E-state index contributed by atoms with van der Waals surface area (Å²) in [6.45, 7) is 16.5. The minimum absolute atomic E-state index is 0.0699. The van der Waals surface area contributed by atoms with Crippen LogP contribution >= 0.6 is 0 Å². The number of aliphatic hydroxyl groups is 2. The molecule has 1 spiro atoms. The number of ether oxygens (including phenoxy) is 8. The highest BCUT2D eigenvalue weighted by atomic mass is 16.7. The Labute approximate surface area is 294 Å². The average molecular weight is 699 g/mol. The lowest BCUT2D eigenvalue weighted by molar-refractivity contribution is -0.337. The van der Waals surface area contributed by atoms with Crippen molar-refractivity contribution in [3.8, 4) is 0 Å². The summed E-state index contributed by atoms with van der Waals surface area (Å²) in [5.41, 5.74) is -1.07. The van der Waals surface area contributed by atoms with E-state index >= 15 is 0 Å². The van der Waals surface area contributed by atoms with Crippen LogP contribution in [0.5, 0.6) is 0 Å². The Morgan fingerprint density at radius 2 is 1.69 bits per heavy atom. The Hall–Kier alpha value is -0.890. The van der Waals surface area contributed by atoms with Crippen molar-refractivity contribution in [3.63, 3.8) is 0 Å².